The van der Waals surface area contributed by atoms with Crippen LogP contribution in [0.4, 0.5) is 11.4 Å². The van der Waals surface area contributed by atoms with E-state index >= 15 is 0 Å². The number of nitrogens with two attached hydrogens (primary N) is 1. The molecular weight excluding hydrogens is 484 g/mol. The number of hydrogen-bond donors (Lipinski definition) is 1. The zero-order valence-corrected chi connectivity index (χ0v) is 20.6. The van der Waals surface area contributed by atoms with Gasteiger partial charge in [-0.3, -0.25) is 15.1 Å². The van der Waals surface area contributed by atoms with Gasteiger partial charge in [0, 0.05) is 50.8 Å². The van der Waals surface area contributed by atoms with Gasteiger partial charge in [-0.15, -0.1) is 0 Å². The third-order valence-corrected chi connectivity index (χ3v) is 7.31. The second-order valence-corrected chi connectivity index (χ2v) is 10.5. The van der Waals surface area contributed by atoms with E-state index in [9.17, 15) is 18.5 Å². The third-order valence-electron chi connectivity index (χ3n) is 5.37. The molecule has 10 heteroatoms. The lowest BCUT2D eigenvalue weighted by Crippen LogP contribution is -2.12. The summed E-state index contributed by atoms with van der Waals surface area (Å²) in [5.41, 5.74) is 4.60. The number of non-ortho nitro benzene ring substituents is 1. The van der Waals surface area contributed by atoms with E-state index in [1.54, 1.807) is 30.5 Å². The number of benzene rings is 3. The summed E-state index contributed by atoms with van der Waals surface area (Å²) >= 11 is 1.52. The van der Waals surface area contributed by atoms with Gasteiger partial charge in [0.15, 0.2) is 0 Å². The standard InChI is InChI=1S/C25H22N4O4S2/c1-17-15-19(18(2)28(17)21-7-13-25(14-8-21)35(26,32)33)16-27-20-3-9-23(10-4-20)34-24-11-5-22(6-12-24)29(30)31/h3-16H,1-2H3,(H2,26,32,33). The highest BCUT2D eigenvalue weighted by atomic mass is 32.2. The van der Waals surface area contributed by atoms with E-state index in [4.69, 9.17) is 5.14 Å². The minimum Gasteiger partial charge on any atom is -0.318 e. The van der Waals surface area contributed by atoms with Crippen molar-refractivity contribution in [2.45, 2.75) is 28.5 Å². The molecule has 3 aromatic carbocycles. The molecule has 1 heterocycles. The zero-order chi connectivity index (χ0) is 25.2. The summed E-state index contributed by atoms with van der Waals surface area (Å²) in [6.45, 7) is 3.95. The summed E-state index contributed by atoms with van der Waals surface area (Å²) in [6.07, 6.45) is 1.80. The van der Waals surface area contributed by atoms with Crippen molar-refractivity contribution in [3.8, 4) is 5.69 Å². The van der Waals surface area contributed by atoms with Crippen molar-refractivity contribution in [1.29, 1.82) is 0 Å². The van der Waals surface area contributed by atoms with Crippen molar-refractivity contribution in [1.82, 2.24) is 4.57 Å². The first-order chi connectivity index (χ1) is 16.6. The minimum absolute atomic E-state index is 0.0684. The highest BCUT2D eigenvalue weighted by Gasteiger charge is 2.12. The minimum atomic E-state index is -3.74. The van der Waals surface area contributed by atoms with Crippen LogP contribution in [-0.2, 0) is 10.0 Å². The summed E-state index contributed by atoms with van der Waals surface area (Å²) in [5, 5.41) is 16.0. The molecule has 35 heavy (non-hydrogen) atoms. The van der Waals surface area contributed by atoms with E-state index in [0.29, 0.717) is 0 Å². The Morgan fingerprint density at radius 1 is 0.943 bits per heavy atom. The van der Waals surface area contributed by atoms with Crippen LogP contribution in [0.3, 0.4) is 0 Å². The molecule has 0 saturated heterocycles. The van der Waals surface area contributed by atoms with E-state index < -0.39 is 14.9 Å². The number of aryl methyl sites for hydroxylation is 1. The Morgan fingerprint density at radius 2 is 1.51 bits per heavy atom. The number of nitrogens with zero attached hydrogens (tertiary/aromatic N) is 3. The molecular formula is C25H22N4O4S2. The SMILES string of the molecule is Cc1cc(C=Nc2ccc(Sc3ccc([N+](=O)[O-])cc3)cc2)c(C)n1-c1ccc(S(N)(=O)=O)cc1. The first kappa shape index (κ1) is 24.4. The largest absolute Gasteiger partial charge is 0.318 e. The molecule has 0 spiro atoms. The molecule has 8 nitrogen and oxygen atoms in total. The first-order valence-corrected chi connectivity index (χ1v) is 12.9. The Morgan fingerprint density at radius 3 is 2.06 bits per heavy atom. The van der Waals surface area contributed by atoms with Crippen LogP contribution >= 0.6 is 11.8 Å². The lowest BCUT2D eigenvalue weighted by Gasteiger charge is -2.10. The van der Waals surface area contributed by atoms with E-state index in [0.717, 1.165) is 38.1 Å². The van der Waals surface area contributed by atoms with Gasteiger partial charge in [-0.25, -0.2) is 13.6 Å². The van der Waals surface area contributed by atoms with Crippen LogP contribution in [0.1, 0.15) is 17.0 Å². The predicted octanol–water partition coefficient (Wildman–Crippen LogP) is 5.55. The van der Waals surface area contributed by atoms with Gasteiger partial charge in [0.25, 0.3) is 5.69 Å². The molecule has 4 aromatic rings. The third kappa shape index (κ3) is 5.68. The van der Waals surface area contributed by atoms with Crippen LogP contribution in [0.5, 0.6) is 0 Å². The maximum Gasteiger partial charge on any atom is 0.269 e. The number of nitro groups is 1. The Labute approximate surface area is 207 Å². The highest BCUT2D eigenvalue weighted by Crippen LogP contribution is 2.30. The fraction of sp³-hybridized carbons (Fsp3) is 0.0800. The average molecular weight is 507 g/mol. The molecule has 0 amide bonds. The van der Waals surface area contributed by atoms with Gasteiger partial charge in [-0.05, 0) is 80.6 Å². The van der Waals surface area contributed by atoms with Gasteiger partial charge in [0.2, 0.25) is 10.0 Å². The molecule has 1 aromatic heterocycles. The van der Waals surface area contributed by atoms with Gasteiger partial charge < -0.3 is 4.57 Å². The number of rotatable bonds is 7. The first-order valence-electron chi connectivity index (χ1n) is 10.5. The lowest BCUT2D eigenvalue weighted by atomic mass is 10.2. The molecule has 0 aliphatic heterocycles. The monoisotopic (exact) mass is 506 g/mol. The van der Waals surface area contributed by atoms with Crippen molar-refractivity contribution >= 4 is 39.4 Å². The molecule has 4 rings (SSSR count). The zero-order valence-electron chi connectivity index (χ0n) is 19.0. The Hall–Kier alpha value is -3.73. The van der Waals surface area contributed by atoms with Gasteiger partial charge in [-0.1, -0.05) is 11.8 Å². The molecule has 0 fully saturated rings. The molecule has 2 N–H and O–H groups in total. The molecule has 0 aliphatic rings. The van der Waals surface area contributed by atoms with Crippen LogP contribution in [0.25, 0.3) is 5.69 Å². The average Bonchev–Trinajstić information content (AvgIpc) is 3.11. The van der Waals surface area contributed by atoms with Crippen LogP contribution < -0.4 is 5.14 Å². The van der Waals surface area contributed by atoms with Crippen molar-refractivity contribution in [2.24, 2.45) is 10.1 Å². The summed E-state index contributed by atoms with van der Waals surface area (Å²) < 4.78 is 25.1. The van der Waals surface area contributed by atoms with E-state index in [-0.39, 0.29) is 10.6 Å². The molecule has 0 saturated carbocycles. The Kier molecular flexibility index (Phi) is 6.88. The molecule has 0 atom stereocenters. The molecule has 0 unspecified atom stereocenters. The molecule has 0 bridgehead atoms. The number of hydrogen-bond acceptors (Lipinski definition) is 6. The summed E-state index contributed by atoms with van der Waals surface area (Å²) in [6, 6.07) is 22.6. The van der Waals surface area contributed by atoms with Gasteiger partial charge in [0.1, 0.15) is 0 Å². The van der Waals surface area contributed by atoms with Crippen molar-refractivity contribution in [3.63, 3.8) is 0 Å². The fourth-order valence-corrected chi connectivity index (χ4v) is 4.95. The maximum absolute atomic E-state index is 11.5. The smallest absolute Gasteiger partial charge is 0.269 e. The van der Waals surface area contributed by atoms with Gasteiger partial charge >= 0.3 is 0 Å². The number of aliphatic imine (C=N–C) groups is 1. The van der Waals surface area contributed by atoms with E-state index in [1.165, 1.54) is 36.0 Å². The van der Waals surface area contributed by atoms with Crippen molar-refractivity contribution in [2.75, 3.05) is 0 Å². The number of nitro benzene ring substituents is 1. The van der Waals surface area contributed by atoms with Crippen molar-refractivity contribution < 1.29 is 13.3 Å². The van der Waals surface area contributed by atoms with Crippen LogP contribution in [0.2, 0.25) is 0 Å². The second-order valence-electron chi connectivity index (χ2n) is 7.81. The van der Waals surface area contributed by atoms with Gasteiger partial charge in [-0.2, -0.15) is 0 Å². The van der Waals surface area contributed by atoms with E-state index in [1.807, 2.05) is 48.7 Å². The van der Waals surface area contributed by atoms with Crippen molar-refractivity contribution in [3.05, 3.63) is 106 Å². The quantitative estimate of drug-likeness (QED) is 0.200. The summed E-state index contributed by atoms with van der Waals surface area (Å²) in [5.74, 6) is 0. The second kappa shape index (κ2) is 9.87. The number of sulfonamides is 1. The molecule has 178 valence electrons. The molecule has 0 aliphatic carbocycles. The molecule has 0 radical (unpaired) electrons. The maximum atomic E-state index is 11.5. The normalized spacial score (nSPS) is 11.7. The Bertz CT molecular complexity index is 1510. The highest BCUT2D eigenvalue weighted by molar-refractivity contribution is 7.99. The van der Waals surface area contributed by atoms with E-state index in [2.05, 4.69) is 4.99 Å². The van der Waals surface area contributed by atoms with Crippen LogP contribution in [0, 0.1) is 24.0 Å². The van der Waals surface area contributed by atoms with Gasteiger partial charge in [0.05, 0.1) is 15.5 Å². The summed E-state index contributed by atoms with van der Waals surface area (Å²) in [7, 11) is -3.74. The lowest BCUT2D eigenvalue weighted by molar-refractivity contribution is -0.384. The van der Waals surface area contributed by atoms with Crippen LogP contribution in [-0.4, -0.2) is 24.1 Å². The summed E-state index contributed by atoms with van der Waals surface area (Å²) in [4.78, 5) is 17.0. The number of aromatic nitrogens is 1. The Balaban J connectivity index is 1.49. The van der Waals surface area contributed by atoms with Crippen LogP contribution in [0.15, 0.2) is 98.5 Å². The fourth-order valence-electron chi connectivity index (χ4n) is 3.62. The topological polar surface area (TPSA) is 121 Å². The number of primary sulfonamides is 1. The predicted molar refractivity (Wildman–Crippen MR) is 138 cm³/mol.